The van der Waals surface area contributed by atoms with Crippen LogP contribution in [0.1, 0.15) is 27.8 Å². The van der Waals surface area contributed by atoms with Crippen LogP contribution in [-0.2, 0) is 21.4 Å². The minimum atomic E-state index is -1.26. The molecule has 4 aromatic carbocycles. The summed E-state index contributed by atoms with van der Waals surface area (Å²) in [6.45, 7) is 0. The topological polar surface area (TPSA) is 90.2 Å². The Morgan fingerprint density at radius 2 is 1.17 bits per heavy atom. The smallest absolute Gasteiger partial charge is 0.326 e. The summed E-state index contributed by atoms with van der Waals surface area (Å²) in [6, 6.07) is 35.8. The fraction of sp³-hybridized carbons (Fsp3) is 0.100. The number of nitrogens with zero attached hydrogens (tertiary/aromatic N) is 1. The van der Waals surface area contributed by atoms with Crippen LogP contribution in [0.3, 0.4) is 0 Å². The van der Waals surface area contributed by atoms with Crippen LogP contribution in [0.5, 0.6) is 0 Å². The lowest BCUT2D eigenvalue weighted by atomic mass is 9.68. The molecule has 1 atom stereocenters. The Kier molecular flexibility index (Phi) is 7.04. The average molecular weight is 461 g/mol. The summed E-state index contributed by atoms with van der Waals surface area (Å²) in [5.41, 5.74) is 2.14. The number of aliphatic carboxylic acids is 1. The number of carbonyl (C=O) groups excluding carboxylic acids is 1. The molecule has 35 heavy (non-hydrogen) atoms. The third-order valence-corrected chi connectivity index (χ3v) is 6.09. The first-order valence-electron chi connectivity index (χ1n) is 11.2. The quantitative estimate of drug-likeness (QED) is 0.373. The zero-order valence-corrected chi connectivity index (χ0v) is 19.0. The lowest BCUT2D eigenvalue weighted by Gasteiger charge is -2.35. The second kappa shape index (κ2) is 10.5. The van der Waals surface area contributed by atoms with Gasteiger partial charge in [0.25, 0.3) is 0 Å². The second-order valence-corrected chi connectivity index (χ2v) is 8.23. The van der Waals surface area contributed by atoms with E-state index in [1.54, 1.807) is 24.3 Å². The SMILES string of the molecule is N#Cc1ccc(C[C@@H](NC(=O)C(c2ccccc2)(c2ccccc2)c2ccccc2)C(=O)O)cc1. The minimum Gasteiger partial charge on any atom is -0.480 e. The molecule has 0 fully saturated rings. The highest BCUT2D eigenvalue weighted by Crippen LogP contribution is 2.39. The molecule has 0 aliphatic rings. The molecule has 4 rings (SSSR count). The van der Waals surface area contributed by atoms with Crippen molar-refractivity contribution in [3.8, 4) is 6.07 Å². The fourth-order valence-electron chi connectivity index (χ4n) is 4.38. The van der Waals surface area contributed by atoms with Gasteiger partial charge >= 0.3 is 5.97 Å². The Hall–Kier alpha value is -4.69. The van der Waals surface area contributed by atoms with E-state index in [0.29, 0.717) is 11.1 Å². The van der Waals surface area contributed by atoms with Gasteiger partial charge in [-0.3, -0.25) is 4.79 Å². The number of nitrogens with one attached hydrogen (secondary N) is 1. The average Bonchev–Trinajstić information content (AvgIpc) is 2.91. The zero-order valence-electron chi connectivity index (χ0n) is 19.0. The third kappa shape index (κ3) is 4.83. The molecule has 4 aromatic rings. The van der Waals surface area contributed by atoms with Crippen LogP contribution in [-0.4, -0.2) is 23.0 Å². The predicted molar refractivity (Wildman–Crippen MR) is 134 cm³/mol. The van der Waals surface area contributed by atoms with Gasteiger partial charge in [-0.05, 0) is 34.4 Å². The fourth-order valence-corrected chi connectivity index (χ4v) is 4.38. The van der Waals surface area contributed by atoms with Crippen molar-refractivity contribution in [1.82, 2.24) is 5.32 Å². The molecule has 0 unspecified atom stereocenters. The van der Waals surface area contributed by atoms with Crippen LogP contribution in [0, 0.1) is 11.3 Å². The largest absolute Gasteiger partial charge is 0.480 e. The molecular weight excluding hydrogens is 436 g/mol. The van der Waals surface area contributed by atoms with Crippen molar-refractivity contribution in [3.05, 3.63) is 143 Å². The van der Waals surface area contributed by atoms with Crippen LogP contribution in [0.4, 0.5) is 0 Å². The summed E-state index contributed by atoms with van der Waals surface area (Å²) in [6.07, 6.45) is 0.0846. The normalized spacial score (nSPS) is 11.7. The van der Waals surface area contributed by atoms with E-state index < -0.39 is 23.3 Å². The summed E-state index contributed by atoms with van der Waals surface area (Å²) in [5, 5.41) is 21.9. The van der Waals surface area contributed by atoms with E-state index in [2.05, 4.69) is 11.4 Å². The van der Waals surface area contributed by atoms with Crippen LogP contribution in [0.2, 0.25) is 0 Å². The van der Waals surface area contributed by atoms with E-state index in [1.165, 1.54) is 0 Å². The van der Waals surface area contributed by atoms with E-state index in [9.17, 15) is 14.7 Å². The first-order chi connectivity index (χ1) is 17.1. The lowest BCUT2D eigenvalue weighted by molar-refractivity contribution is -0.142. The van der Waals surface area contributed by atoms with Crippen molar-refractivity contribution in [2.75, 3.05) is 0 Å². The van der Waals surface area contributed by atoms with Gasteiger partial charge < -0.3 is 10.4 Å². The molecule has 2 N–H and O–H groups in total. The number of hydrogen-bond donors (Lipinski definition) is 2. The van der Waals surface area contributed by atoms with Crippen LogP contribution >= 0.6 is 0 Å². The van der Waals surface area contributed by atoms with E-state index >= 15 is 0 Å². The summed E-state index contributed by atoms with van der Waals surface area (Å²) in [5.74, 6) is -1.56. The van der Waals surface area contributed by atoms with E-state index in [1.807, 2.05) is 91.0 Å². The number of hydrogen-bond acceptors (Lipinski definition) is 3. The Bertz CT molecular complexity index is 1230. The van der Waals surface area contributed by atoms with Gasteiger partial charge in [0, 0.05) is 6.42 Å². The van der Waals surface area contributed by atoms with Gasteiger partial charge in [-0.1, -0.05) is 103 Å². The van der Waals surface area contributed by atoms with Crippen molar-refractivity contribution in [2.45, 2.75) is 17.9 Å². The molecule has 0 bridgehead atoms. The molecular formula is C30H24N2O3. The van der Waals surface area contributed by atoms with Gasteiger partial charge in [-0.15, -0.1) is 0 Å². The summed E-state index contributed by atoms with van der Waals surface area (Å²) >= 11 is 0. The number of benzene rings is 4. The number of amides is 1. The van der Waals surface area contributed by atoms with Gasteiger partial charge in [0.2, 0.25) is 5.91 Å². The first-order valence-corrected chi connectivity index (χ1v) is 11.2. The number of carboxylic acid groups (broad SMARTS) is 1. The maximum absolute atomic E-state index is 14.3. The minimum absolute atomic E-state index is 0.0846. The van der Waals surface area contributed by atoms with E-state index in [4.69, 9.17) is 5.26 Å². The molecule has 0 aliphatic heterocycles. The Morgan fingerprint density at radius 1 is 0.743 bits per heavy atom. The highest BCUT2D eigenvalue weighted by Gasteiger charge is 2.45. The number of nitriles is 1. The molecule has 1 amide bonds. The molecule has 0 spiro atoms. The number of carbonyl (C=O) groups is 2. The standard InChI is InChI=1S/C30H24N2O3/c31-21-23-18-16-22(17-19-23)20-27(28(33)34)32-29(35)30(24-10-4-1-5-11-24,25-12-6-2-7-13-25)26-14-8-3-9-15-26/h1-19,27H,20H2,(H,32,35)(H,33,34)/t27-/m1/s1. The maximum Gasteiger partial charge on any atom is 0.326 e. The predicted octanol–water partition coefficient (Wildman–Crippen LogP) is 4.70. The molecule has 0 aromatic heterocycles. The Balaban J connectivity index is 1.81. The van der Waals surface area contributed by atoms with Crippen molar-refractivity contribution >= 4 is 11.9 Å². The lowest BCUT2D eigenvalue weighted by Crippen LogP contribution is -2.52. The first kappa shape index (κ1) is 23.5. The molecule has 0 aliphatic carbocycles. The van der Waals surface area contributed by atoms with Gasteiger partial charge in [-0.2, -0.15) is 5.26 Å². The Labute approximate surface area is 204 Å². The van der Waals surface area contributed by atoms with Crippen molar-refractivity contribution in [1.29, 1.82) is 5.26 Å². The highest BCUT2D eigenvalue weighted by molar-refractivity contribution is 5.98. The van der Waals surface area contributed by atoms with Crippen LogP contribution in [0.15, 0.2) is 115 Å². The summed E-state index contributed by atoms with van der Waals surface area (Å²) in [4.78, 5) is 26.5. The van der Waals surface area contributed by atoms with Crippen molar-refractivity contribution < 1.29 is 14.7 Å². The molecule has 0 saturated carbocycles. The molecule has 0 heterocycles. The van der Waals surface area contributed by atoms with Gasteiger partial charge in [0.1, 0.15) is 11.5 Å². The van der Waals surface area contributed by atoms with Crippen molar-refractivity contribution in [2.24, 2.45) is 0 Å². The molecule has 5 heteroatoms. The maximum atomic E-state index is 14.3. The zero-order chi connectivity index (χ0) is 24.7. The monoisotopic (exact) mass is 460 g/mol. The molecule has 0 saturated heterocycles. The van der Waals surface area contributed by atoms with Crippen LogP contribution in [0.25, 0.3) is 0 Å². The second-order valence-electron chi connectivity index (χ2n) is 8.23. The van der Waals surface area contributed by atoms with E-state index in [-0.39, 0.29) is 6.42 Å². The van der Waals surface area contributed by atoms with Gasteiger partial charge in [0.15, 0.2) is 0 Å². The summed E-state index contributed by atoms with van der Waals surface area (Å²) in [7, 11) is 0. The molecule has 172 valence electrons. The Morgan fingerprint density at radius 3 is 1.54 bits per heavy atom. The number of carboxylic acids is 1. The van der Waals surface area contributed by atoms with E-state index in [0.717, 1.165) is 16.7 Å². The van der Waals surface area contributed by atoms with Crippen molar-refractivity contribution in [3.63, 3.8) is 0 Å². The third-order valence-electron chi connectivity index (χ3n) is 6.09. The summed E-state index contributed by atoms with van der Waals surface area (Å²) < 4.78 is 0. The van der Waals surface area contributed by atoms with Gasteiger partial charge in [0.05, 0.1) is 11.6 Å². The van der Waals surface area contributed by atoms with Crippen LogP contribution < -0.4 is 5.32 Å². The van der Waals surface area contributed by atoms with Gasteiger partial charge in [-0.25, -0.2) is 4.79 Å². The number of rotatable bonds is 8. The molecule has 5 nitrogen and oxygen atoms in total. The highest BCUT2D eigenvalue weighted by atomic mass is 16.4. The molecule has 0 radical (unpaired) electrons.